The molecule has 4 heteroatoms. The molecule has 0 aliphatic rings. The first-order chi connectivity index (χ1) is 7.72. The van der Waals surface area contributed by atoms with E-state index in [1.54, 1.807) is 12.5 Å². The summed E-state index contributed by atoms with van der Waals surface area (Å²) in [5.41, 5.74) is 7.21. The summed E-state index contributed by atoms with van der Waals surface area (Å²) in [6, 6.07) is 1.81. The molecule has 2 aromatic heterocycles. The third kappa shape index (κ3) is 2.02. The monoisotopic (exact) mass is 219 g/mol. The quantitative estimate of drug-likeness (QED) is 0.856. The second-order valence-electron chi connectivity index (χ2n) is 3.91. The van der Waals surface area contributed by atoms with Gasteiger partial charge in [0.2, 0.25) is 0 Å². The average molecular weight is 219 g/mol. The Morgan fingerprint density at radius 3 is 3.00 bits per heavy atom. The first kappa shape index (κ1) is 11.0. The summed E-state index contributed by atoms with van der Waals surface area (Å²) in [6.45, 7) is 5.01. The van der Waals surface area contributed by atoms with Crippen molar-refractivity contribution in [1.82, 2.24) is 9.55 Å². The molecule has 0 bridgehead atoms. The third-order valence-electron chi connectivity index (χ3n) is 2.78. The zero-order chi connectivity index (χ0) is 11.5. The molecule has 86 valence electrons. The SMILES string of the molecule is CCn1ccnc1CC(N)c1occc1C. The van der Waals surface area contributed by atoms with Crippen molar-refractivity contribution in [1.29, 1.82) is 0 Å². The average Bonchev–Trinajstić information content (AvgIpc) is 2.86. The maximum absolute atomic E-state index is 6.11. The van der Waals surface area contributed by atoms with E-state index in [1.165, 1.54) is 0 Å². The van der Waals surface area contributed by atoms with Crippen molar-refractivity contribution >= 4 is 0 Å². The third-order valence-corrected chi connectivity index (χ3v) is 2.78. The first-order valence-electron chi connectivity index (χ1n) is 5.52. The van der Waals surface area contributed by atoms with Crippen molar-refractivity contribution in [3.05, 3.63) is 41.9 Å². The second-order valence-corrected chi connectivity index (χ2v) is 3.91. The molecule has 2 aromatic rings. The van der Waals surface area contributed by atoms with Crippen molar-refractivity contribution in [3.63, 3.8) is 0 Å². The van der Waals surface area contributed by atoms with Crippen molar-refractivity contribution in [2.45, 2.75) is 32.9 Å². The van der Waals surface area contributed by atoms with Gasteiger partial charge in [-0.25, -0.2) is 4.98 Å². The zero-order valence-electron chi connectivity index (χ0n) is 9.68. The lowest BCUT2D eigenvalue weighted by Gasteiger charge is -2.10. The lowest BCUT2D eigenvalue weighted by atomic mass is 10.1. The Hall–Kier alpha value is -1.55. The van der Waals surface area contributed by atoms with Gasteiger partial charge < -0.3 is 14.7 Å². The normalized spacial score (nSPS) is 12.9. The van der Waals surface area contributed by atoms with Crippen LogP contribution in [-0.4, -0.2) is 9.55 Å². The van der Waals surface area contributed by atoms with Gasteiger partial charge in [0, 0.05) is 25.4 Å². The number of nitrogens with zero attached hydrogens (tertiary/aromatic N) is 2. The van der Waals surface area contributed by atoms with Crippen LogP contribution < -0.4 is 5.73 Å². The molecule has 0 aliphatic heterocycles. The van der Waals surface area contributed by atoms with Crippen molar-refractivity contribution in [2.75, 3.05) is 0 Å². The van der Waals surface area contributed by atoms with Crippen LogP contribution in [0.15, 0.2) is 29.1 Å². The van der Waals surface area contributed by atoms with E-state index in [0.717, 1.165) is 23.7 Å². The van der Waals surface area contributed by atoms with Crippen LogP contribution in [0.1, 0.15) is 30.1 Å². The molecule has 4 nitrogen and oxygen atoms in total. The lowest BCUT2D eigenvalue weighted by molar-refractivity contribution is 0.454. The summed E-state index contributed by atoms with van der Waals surface area (Å²) in [7, 11) is 0. The van der Waals surface area contributed by atoms with Crippen LogP contribution in [-0.2, 0) is 13.0 Å². The van der Waals surface area contributed by atoms with E-state index in [2.05, 4.69) is 16.5 Å². The molecule has 1 atom stereocenters. The Balaban J connectivity index is 2.13. The summed E-state index contributed by atoms with van der Waals surface area (Å²) >= 11 is 0. The van der Waals surface area contributed by atoms with E-state index in [0.29, 0.717) is 6.42 Å². The van der Waals surface area contributed by atoms with Gasteiger partial charge in [-0.1, -0.05) is 0 Å². The van der Waals surface area contributed by atoms with Gasteiger partial charge in [-0.2, -0.15) is 0 Å². The number of nitrogens with two attached hydrogens (primary N) is 1. The molecule has 2 N–H and O–H groups in total. The van der Waals surface area contributed by atoms with Gasteiger partial charge in [-0.15, -0.1) is 0 Å². The van der Waals surface area contributed by atoms with E-state index in [-0.39, 0.29) is 6.04 Å². The van der Waals surface area contributed by atoms with Crippen molar-refractivity contribution in [2.24, 2.45) is 5.73 Å². The largest absolute Gasteiger partial charge is 0.467 e. The highest BCUT2D eigenvalue weighted by molar-refractivity contribution is 5.19. The highest BCUT2D eigenvalue weighted by atomic mass is 16.3. The Bertz CT molecular complexity index is 458. The van der Waals surface area contributed by atoms with Crippen molar-refractivity contribution < 1.29 is 4.42 Å². The maximum Gasteiger partial charge on any atom is 0.123 e. The zero-order valence-corrected chi connectivity index (χ0v) is 9.68. The van der Waals surface area contributed by atoms with Gasteiger partial charge >= 0.3 is 0 Å². The molecule has 0 spiro atoms. The number of furan rings is 1. The van der Waals surface area contributed by atoms with E-state index >= 15 is 0 Å². The Labute approximate surface area is 95.1 Å². The van der Waals surface area contributed by atoms with Crippen LogP contribution >= 0.6 is 0 Å². The molecule has 0 aromatic carbocycles. The number of aryl methyl sites for hydroxylation is 2. The highest BCUT2D eigenvalue weighted by Gasteiger charge is 2.15. The van der Waals surface area contributed by atoms with Crippen molar-refractivity contribution in [3.8, 4) is 0 Å². The predicted molar refractivity (Wildman–Crippen MR) is 62.0 cm³/mol. The second kappa shape index (κ2) is 4.53. The number of hydrogen-bond donors (Lipinski definition) is 1. The number of aromatic nitrogens is 2. The predicted octanol–water partition coefficient (Wildman–Crippen LogP) is 2.05. The van der Waals surface area contributed by atoms with Gasteiger partial charge in [-0.3, -0.25) is 0 Å². The van der Waals surface area contributed by atoms with Crippen LogP contribution in [0.4, 0.5) is 0 Å². The van der Waals surface area contributed by atoms with Crippen LogP contribution in [0.2, 0.25) is 0 Å². The molecule has 1 unspecified atom stereocenters. The molecule has 16 heavy (non-hydrogen) atoms. The smallest absolute Gasteiger partial charge is 0.123 e. The van der Waals surface area contributed by atoms with Gasteiger partial charge in [0.05, 0.1) is 12.3 Å². The minimum atomic E-state index is -0.123. The topological polar surface area (TPSA) is 57.0 Å². The molecule has 0 aliphatic carbocycles. The number of rotatable bonds is 4. The fourth-order valence-electron chi connectivity index (χ4n) is 1.87. The van der Waals surface area contributed by atoms with Gasteiger partial charge in [0.15, 0.2) is 0 Å². The molecule has 0 saturated carbocycles. The lowest BCUT2D eigenvalue weighted by Crippen LogP contribution is -2.16. The van der Waals surface area contributed by atoms with Crippen LogP contribution in [0.25, 0.3) is 0 Å². The number of imidazole rings is 1. The van der Waals surface area contributed by atoms with Gasteiger partial charge in [0.25, 0.3) is 0 Å². The Kier molecular flexibility index (Phi) is 3.10. The first-order valence-corrected chi connectivity index (χ1v) is 5.52. The van der Waals surface area contributed by atoms with E-state index < -0.39 is 0 Å². The Morgan fingerprint density at radius 2 is 2.38 bits per heavy atom. The molecule has 0 amide bonds. The fraction of sp³-hybridized carbons (Fsp3) is 0.417. The van der Waals surface area contributed by atoms with Crippen LogP contribution in [0, 0.1) is 6.92 Å². The summed E-state index contributed by atoms with van der Waals surface area (Å²) in [5.74, 6) is 1.86. The maximum atomic E-state index is 6.11. The van der Waals surface area contributed by atoms with Crippen LogP contribution in [0.3, 0.4) is 0 Å². The van der Waals surface area contributed by atoms with Gasteiger partial charge in [-0.05, 0) is 25.5 Å². The summed E-state index contributed by atoms with van der Waals surface area (Å²) in [4.78, 5) is 4.31. The van der Waals surface area contributed by atoms with E-state index in [9.17, 15) is 0 Å². The highest BCUT2D eigenvalue weighted by Crippen LogP contribution is 2.19. The molecule has 0 radical (unpaired) electrons. The molecular formula is C12H17N3O. The molecular weight excluding hydrogens is 202 g/mol. The standard InChI is InChI=1S/C12H17N3O/c1-3-15-6-5-14-11(15)8-10(13)12-9(2)4-7-16-12/h4-7,10H,3,8,13H2,1-2H3. The summed E-state index contributed by atoms with van der Waals surface area (Å²) in [6.07, 6.45) is 6.16. The molecule has 2 heterocycles. The number of hydrogen-bond acceptors (Lipinski definition) is 3. The van der Waals surface area contributed by atoms with Gasteiger partial charge in [0.1, 0.15) is 11.6 Å². The van der Waals surface area contributed by atoms with Crippen LogP contribution in [0.5, 0.6) is 0 Å². The molecule has 2 rings (SSSR count). The fourth-order valence-corrected chi connectivity index (χ4v) is 1.87. The minimum Gasteiger partial charge on any atom is -0.467 e. The van der Waals surface area contributed by atoms with E-state index in [4.69, 9.17) is 10.2 Å². The Morgan fingerprint density at radius 1 is 1.56 bits per heavy atom. The summed E-state index contributed by atoms with van der Waals surface area (Å²) in [5, 5.41) is 0. The van der Waals surface area contributed by atoms with E-state index in [1.807, 2.05) is 19.2 Å². The minimum absolute atomic E-state index is 0.123. The molecule has 0 saturated heterocycles. The summed E-state index contributed by atoms with van der Waals surface area (Å²) < 4.78 is 7.48. The molecule has 0 fully saturated rings.